The first kappa shape index (κ1) is 15.9. The van der Waals surface area contributed by atoms with Gasteiger partial charge < -0.3 is 14.8 Å². The van der Waals surface area contributed by atoms with Gasteiger partial charge in [0.15, 0.2) is 0 Å². The minimum absolute atomic E-state index is 0.465. The van der Waals surface area contributed by atoms with Crippen molar-refractivity contribution >= 4 is 0 Å². The molecule has 1 rings (SSSR count). The van der Waals surface area contributed by atoms with Crippen LogP contribution in [0.4, 0.5) is 0 Å². The predicted octanol–water partition coefficient (Wildman–Crippen LogP) is 2.99. The highest BCUT2D eigenvalue weighted by Crippen LogP contribution is 2.17. The lowest BCUT2D eigenvalue weighted by Crippen LogP contribution is -2.38. The second kappa shape index (κ2) is 10.8. The summed E-state index contributed by atoms with van der Waals surface area (Å²) in [5, 5.41) is 3.36. The standard InChI is InChI=1S/C15H31NO2/c1-3-4-5-6-7-8-10-17-13-15(16-2)14-9-11-18-12-14/h14-16H,3-13H2,1-2H3. The molecule has 2 atom stereocenters. The molecule has 1 N–H and O–H groups in total. The minimum Gasteiger partial charge on any atom is -0.381 e. The number of ether oxygens (including phenoxy) is 2. The van der Waals surface area contributed by atoms with E-state index in [0.717, 1.165) is 26.4 Å². The predicted molar refractivity (Wildman–Crippen MR) is 76.0 cm³/mol. The second-order valence-electron chi connectivity index (χ2n) is 5.36. The molecule has 1 saturated heterocycles. The summed E-state index contributed by atoms with van der Waals surface area (Å²) in [5.41, 5.74) is 0. The van der Waals surface area contributed by atoms with Crippen molar-refractivity contribution in [3.63, 3.8) is 0 Å². The van der Waals surface area contributed by atoms with E-state index in [0.29, 0.717) is 12.0 Å². The average Bonchev–Trinajstić information content (AvgIpc) is 2.91. The Labute approximate surface area is 113 Å². The van der Waals surface area contributed by atoms with Gasteiger partial charge in [0.1, 0.15) is 0 Å². The van der Waals surface area contributed by atoms with Crippen LogP contribution in [0.2, 0.25) is 0 Å². The Bertz CT molecular complexity index is 181. The Kier molecular flexibility index (Phi) is 9.54. The Morgan fingerprint density at radius 2 is 2.00 bits per heavy atom. The van der Waals surface area contributed by atoms with Crippen LogP contribution in [-0.2, 0) is 9.47 Å². The molecule has 0 aromatic heterocycles. The topological polar surface area (TPSA) is 30.5 Å². The minimum atomic E-state index is 0.465. The van der Waals surface area contributed by atoms with E-state index in [1.165, 1.54) is 44.9 Å². The zero-order chi connectivity index (χ0) is 13.1. The number of nitrogens with one attached hydrogen (secondary N) is 1. The van der Waals surface area contributed by atoms with Crippen molar-refractivity contribution in [3.8, 4) is 0 Å². The summed E-state index contributed by atoms with van der Waals surface area (Å²) in [6.45, 7) is 5.82. The molecule has 1 heterocycles. The van der Waals surface area contributed by atoms with Crippen molar-refractivity contribution in [2.75, 3.05) is 33.5 Å². The maximum Gasteiger partial charge on any atom is 0.0623 e. The number of unbranched alkanes of at least 4 members (excludes halogenated alkanes) is 5. The van der Waals surface area contributed by atoms with Crippen LogP contribution >= 0.6 is 0 Å². The van der Waals surface area contributed by atoms with Crippen molar-refractivity contribution in [1.82, 2.24) is 5.32 Å². The summed E-state index contributed by atoms with van der Waals surface area (Å²) >= 11 is 0. The Morgan fingerprint density at radius 3 is 2.67 bits per heavy atom. The van der Waals surface area contributed by atoms with Gasteiger partial charge in [-0.25, -0.2) is 0 Å². The fraction of sp³-hybridized carbons (Fsp3) is 1.00. The molecular formula is C15H31NO2. The largest absolute Gasteiger partial charge is 0.381 e. The molecule has 0 spiro atoms. The molecule has 0 radical (unpaired) electrons. The molecule has 0 aliphatic carbocycles. The van der Waals surface area contributed by atoms with Gasteiger partial charge in [0.25, 0.3) is 0 Å². The smallest absolute Gasteiger partial charge is 0.0623 e. The second-order valence-corrected chi connectivity index (χ2v) is 5.36. The van der Waals surface area contributed by atoms with E-state index >= 15 is 0 Å². The van der Waals surface area contributed by atoms with E-state index in [1.54, 1.807) is 0 Å². The number of hydrogen-bond donors (Lipinski definition) is 1. The van der Waals surface area contributed by atoms with Crippen molar-refractivity contribution in [1.29, 1.82) is 0 Å². The van der Waals surface area contributed by atoms with Gasteiger partial charge in [-0.3, -0.25) is 0 Å². The molecule has 0 amide bonds. The van der Waals surface area contributed by atoms with Gasteiger partial charge in [-0.2, -0.15) is 0 Å². The lowest BCUT2D eigenvalue weighted by Gasteiger charge is -2.21. The normalized spacial score (nSPS) is 21.3. The van der Waals surface area contributed by atoms with Gasteiger partial charge in [0, 0.05) is 25.2 Å². The fourth-order valence-electron chi connectivity index (χ4n) is 2.52. The number of likely N-dealkylation sites (N-methyl/N-ethyl adjacent to an activating group) is 1. The van der Waals surface area contributed by atoms with E-state index < -0.39 is 0 Å². The molecule has 1 aliphatic heterocycles. The zero-order valence-corrected chi connectivity index (χ0v) is 12.2. The van der Waals surface area contributed by atoms with Crippen LogP contribution in [0.3, 0.4) is 0 Å². The summed E-state index contributed by atoms with van der Waals surface area (Å²) in [6.07, 6.45) is 9.15. The van der Waals surface area contributed by atoms with Gasteiger partial charge in [0.2, 0.25) is 0 Å². The summed E-state index contributed by atoms with van der Waals surface area (Å²) in [5.74, 6) is 0.638. The maximum atomic E-state index is 5.79. The third-order valence-electron chi connectivity index (χ3n) is 3.84. The van der Waals surface area contributed by atoms with Crippen LogP contribution in [-0.4, -0.2) is 39.5 Å². The Balaban J connectivity index is 1.92. The Morgan fingerprint density at radius 1 is 1.22 bits per heavy atom. The molecule has 1 aliphatic rings. The quantitative estimate of drug-likeness (QED) is 0.577. The Hall–Kier alpha value is -0.120. The molecule has 3 nitrogen and oxygen atoms in total. The molecule has 0 bridgehead atoms. The van der Waals surface area contributed by atoms with E-state index in [2.05, 4.69) is 12.2 Å². The maximum absolute atomic E-state index is 5.79. The zero-order valence-electron chi connectivity index (χ0n) is 12.2. The van der Waals surface area contributed by atoms with Gasteiger partial charge >= 0.3 is 0 Å². The van der Waals surface area contributed by atoms with E-state index in [9.17, 15) is 0 Å². The molecule has 108 valence electrons. The van der Waals surface area contributed by atoms with Crippen molar-refractivity contribution in [2.24, 2.45) is 5.92 Å². The van der Waals surface area contributed by atoms with Crippen LogP contribution < -0.4 is 5.32 Å². The molecule has 18 heavy (non-hydrogen) atoms. The van der Waals surface area contributed by atoms with Crippen LogP contribution in [0.15, 0.2) is 0 Å². The van der Waals surface area contributed by atoms with Gasteiger partial charge in [-0.15, -0.1) is 0 Å². The van der Waals surface area contributed by atoms with E-state index in [-0.39, 0.29) is 0 Å². The van der Waals surface area contributed by atoms with E-state index in [1.807, 2.05) is 7.05 Å². The van der Waals surface area contributed by atoms with Crippen LogP contribution in [0, 0.1) is 5.92 Å². The highest BCUT2D eigenvalue weighted by atomic mass is 16.5. The highest BCUT2D eigenvalue weighted by molar-refractivity contribution is 4.77. The summed E-state index contributed by atoms with van der Waals surface area (Å²) in [6, 6.07) is 0.465. The molecule has 0 aromatic rings. The lowest BCUT2D eigenvalue weighted by atomic mass is 10.00. The first-order chi connectivity index (χ1) is 8.88. The van der Waals surface area contributed by atoms with Crippen molar-refractivity contribution in [3.05, 3.63) is 0 Å². The molecule has 0 aromatic carbocycles. The summed E-state index contributed by atoms with van der Waals surface area (Å²) in [4.78, 5) is 0. The van der Waals surface area contributed by atoms with Gasteiger partial charge in [-0.05, 0) is 19.9 Å². The van der Waals surface area contributed by atoms with Crippen molar-refractivity contribution < 1.29 is 9.47 Å². The van der Waals surface area contributed by atoms with Crippen molar-refractivity contribution in [2.45, 2.75) is 57.9 Å². The van der Waals surface area contributed by atoms with Crippen LogP contribution in [0.5, 0.6) is 0 Å². The monoisotopic (exact) mass is 257 g/mol. The SMILES string of the molecule is CCCCCCCCOCC(NC)C1CCOC1. The average molecular weight is 257 g/mol. The fourth-order valence-corrected chi connectivity index (χ4v) is 2.52. The molecular weight excluding hydrogens is 226 g/mol. The highest BCUT2D eigenvalue weighted by Gasteiger charge is 2.24. The van der Waals surface area contributed by atoms with Crippen LogP contribution in [0.1, 0.15) is 51.9 Å². The number of hydrogen-bond acceptors (Lipinski definition) is 3. The first-order valence-corrected chi connectivity index (χ1v) is 7.71. The summed E-state index contributed by atoms with van der Waals surface area (Å²) in [7, 11) is 2.02. The van der Waals surface area contributed by atoms with Crippen LogP contribution in [0.25, 0.3) is 0 Å². The molecule has 0 saturated carbocycles. The third kappa shape index (κ3) is 6.72. The summed E-state index contributed by atoms with van der Waals surface area (Å²) < 4.78 is 11.2. The molecule has 1 fully saturated rings. The first-order valence-electron chi connectivity index (χ1n) is 7.71. The molecule has 3 heteroatoms. The third-order valence-corrected chi connectivity index (χ3v) is 3.84. The van der Waals surface area contributed by atoms with Gasteiger partial charge in [-0.1, -0.05) is 39.0 Å². The van der Waals surface area contributed by atoms with E-state index in [4.69, 9.17) is 9.47 Å². The van der Waals surface area contributed by atoms with Gasteiger partial charge in [0.05, 0.1) is 13.2 Å². The lowest BCUT2D eigenvalue weighted by molar-refractivity contribution is 0.0871. The number of rotatable bonds is 11. The molecule has 2 unspecified atom stereocenters.